The average Bonchev–Trinajstić information content (AvgIpc) is 3.08. The first-order valence-electron chi connectivity index (χ1n) is 12.0. The predicted octanol–water partition coefficient (Wildman–Crippen LogP) is 1.18. The Labute approximate surface area is 225 Å². The summed E-state index contributed by atoms with van der Waals surface area (Å²) < 4.78 is 0. The molecule has 0 amide bonds. The normalized spacial score (nSPS) is 12.6. The number of hydrogen-bond acceptors (Lipinski definition) is 1. The molecule has 0 saturated heterocycles. The maximum absolute atomic E-state index is 4.09. The molecule has 1 N–H and O–H groups in total. The van der Waals surface area contributed by atoms with Gasteiger partial charge in [-0.1, -0.05) is 121 Å². The van der Waals surface area contributed by atoms with Gasteiger partial charge in [-0.25, -0.2) is 0 Å². The van der Waals surface area contributed by atoms with E-state index in [2.05, 4.69) is 74.4 Å². The number of benzene rings is 2. The molecule has 0 radical (unpaired) electrons. The Morgan fingerprint density at radius 3 is 2.09 bits per heavy atom. The minimum absolute atomic E-state index is 0. The first-order chi connectivity index (χ1) is 14.0. The maximum atomic E-state index is 4.09. The molecule has 1 aliphatic carbocycles. The third-order valence-corrected chi connectivity index (χ3v) is 9.65. The smallest absolute Gasteiger partial charge is 1.00 e. The van der Waals surface area contributed by atoms with Gasteiger partial charge in [0, 0.05) is 0 Å². The monoisotopic (exact) mass is 525 g/mol. The van der Waals surface area contributed by atoms with Gasteiger partial charge < -0.3 is 29.8 Å². The summed E-state index contributed by atoms with van der Waals surface area (Å²) in [6.07, 6.45) is 13.6. The van der Waals surface area contributed by atoms with Crippen LogP contribution in [-0.2, 0) is 28.1 Å². The van der Waals surface area contributed by atoms with Crippen molar-refractivity contribution in [3.63, 3.8) is 0 Å². The van der Waals surface area contributed by atoms with Crippen molar-refractivity contribution in [3.8, 4) is 11.1 Å². The topological polar surface area (TPSA) is 12.0 Å². The molecule has 1 nitrogen and oxygen atoms in total. The van der Waals surface area contributed by atoms with Crippen LogP contribution in [0.1, 0.15) is 82.8 Å². The second-order valence-corrected chi connectivity index (χ2v) is 13.7. The van der Waals surface area contributed by atoms with Crippen molar-refractivity contribution in [2.75, 3.05) is 0 Å². The van der Waals surface area contributed by atoms with Gasteiger partial charge in [-0.2, -0.15) is 0 Å². The molecule has 0 bridgehead atoms. The summed E-state index contributed by atoms with van der Waals surface area (Å²) in [5.41, 5.74) is 5.99. The zero-order valence-electron chi connectivity index (χ0n) is 20.4. The Kier molecular flexibility index (Phi) is 15.7. The van der Waals surface area contributed by atoms with E-state index in [1.807, 2.05) is 0 Å². The summed E-state index contributed by atoms with van der Waals surface area (Å²) in [7, 11) is -1.68. The fraction of sp³-hybridized carbons (Fsp3) is 0.556. The van der Waals surface area contributed by atoms with E-state index in [1.165, 1.54) is 74.5 Å². The molecule has 2 aromatic rings. The van der Waals surface area contributed by atoms with Gasteiger partial charge in [-0.05, 0) is 46.3 Å². The zero-order valence-corrected chi connectivity index (χ0v) is 24.5. The Bertz CT molecular complexity index is 797. The van der Waals surface area contributed by atoms with Crippen LogP contribution < -0.4 is 35.0 Å². The Hall–Kier alpha value is -0.0888. The first kappa shape index (κ1) is 31.9. The number of hydrogen-bond donors (Lipinski definition) is 1. The summed E-state index contributed by atoms with van der Waals surface area (Å²) in [6, 6.07) is 16.5. The van der Waals surface area contributed by atoms with E-state index >= 15 is 0 Å². The molecule has 32 heavy (non-hydrogen) atoms. The van der Waals surface area contributed by atoms with Gasteiger partial charge in [-0.3, -0.25) is 0 Å². The van der Waals surface area contributed by atoms with Gasteiger partial charge in [-0.15, -0.1) is 0 Å². The molecule has 1 unspecified atom stereocenters. The Morgan fingerprint density at radius 1 is 0.812 bits per heavy atom. The van der Waals surface area contributed by atoms with Crippen LogP contribution in [0, 0.1) is 0 Å². The first-order valence-corrected chi connectivity index (χ1v) is 15.0. The van der Waals surface area contributed by atoms with Gasteiger partial charge >= 0.3 is 21.7 Å². The van der Waals surface area contributed by atoms with Crippen molar-refractivity contribution in [1.82, 2.24) is 4.98 Å². The van der Waals surface area contributed by atoms with Crippen molar-refractivity contribution in [2.24, 2.45) is 0 Å². The van der Waals surface area contributed by atoms with E-state index in [1.54, 1.807) is 10.8 Å². The molecule has 1 aliphatic rings. The van der Waals surface area contributed by atoms with Crippen molar-refractivity contribution in [1.29, 1.82) is 0 Å². The van der Waals surface area contributed by atoms with E-state index in [-0.39, 0.29) is 46.5 Å². The van der Waals surface area contributed by atoms with Crippen LogP contribution in [0.3, 0.4) is 0 Å². The molecule has 0 heterocycles. The fourth-order valence-corrected chi connectivity index (χ4v) is 8.12. The third-order valence-electron chi connectivity index (χ3n) is 6.62. The number of halogens is 2. The van der Waals surface area contributed by atoms with E-state index in [0.717, 1.165) is 6.42 Å². The van der Waals surface area contributed by atoms with E-state index < -0.39 is 8.24 Å². The van der Waals surface area contributed by atoms with Crippen LogP contribution >= 0.6 is 0 Å². The fourth-order valence-electron chi connectivity index (χ4n) is 5.09. The van der Waals surface area contributed by atoms with Crippen LogP contribution in [0.5, 0.6) is 0 Å². The molecule has 3 rings (SSSR count). The molecular weight excluding hydrogens is 485 g/mol. The summed E-state index contributed by atoms with van der Waals surface area (Å²) in [6.45, 7) is 9.68. The number of nitrogens with one attached hydrogen (secondary N) is 1. The molecule has 176 valence electrons. The van der Waals surface area contributed by atoms with Crippen LogP contribution in [0.4, 0.5) is 0 Å². The van der Waals surface area contributed by atoms with Gasteiger partial charge in [0.05, 0.1) is 0 Å². The minimum atomic E-state index is -1.68. The maximum Gasteiger partial charge on any atom is 2.00 e. The number of unbranched alkanes of at least 4 members (excludes halogenated alkanes) is 7. The second kappa shape index (κ2) is 15.7. The summed E-state index contributed by atoms with van der Waals surface area (Å²) >= 11 is 0. The van der Waals surface area contributed by atoms with Gasteiger partial charge in [0.1, 0.15) is 0 Å². The van der Waals surface area contributed by atoms with Crippen molar-refractivity contribution >= 4 is 13.4 Å². The predicted molar refractivity (Wildman–Crippen MR) is 132 cm³/mol. The largest absolute Gasteiger partial charge is 2.00 e. The summed E-state index contributed by atoms with van der Waals surface area (Å²) in [5.74, 6) is 0. The molecule has 0 aliphatic heterocycles. The molecule has 2 aromatic carbocycles. The van der Waals surface area contributed by atoms with E-state index in [9.17, 15) is 0 Å². The van der Waals surface area contributed by atoms with Gasteiger partial charge in [0.25, 0.3) is 0 Å². The van der Waals surface area contributed by atoms with Crippen molar-refractivity contribution in [2.45, 2.75) is 97.2 Å². The zero-order chi connectivity index (χ0) is 20.7. The number of fused-ring (bicyclic) bond motifs is 3. The standard InChI is InChI=1S/C27H41NSi.2ClH.Ti/c1-5-6-7-8-9-10-11-12-16-22(2)28-29(3,4)27-20-15-19-25-24-18-14-13-17-23(24)21-26(25)27;;;/h13-15,17-20,22,28H,5-12,16,21H2,1-4H3;2*1H;/q;;;+2/p-2. The third kappa shape index (κ3) is 8.60. The van der Waals surface area contributed by atoms with Gasteiger partial charge in [0.2, 0.25) is 0 Å². The molecule has 1 atom stereocenters. The Morgan fingerprint density at radius 2 is 1.41 bits per heavy atom. The molecule has 0 saturated carbocycles. The van der Waals surface area contributed by atoms with Gasteiger partial charge in [0.15, 0.2) is 8.24 Å². The van der Waals surface area contributed by atoms with Crippen LogP contribution in [0.25, 0.3) is 11.1 Å². The van der Waals surface area contributed by atoms with Crippen LogP contribution in [0.2, 0.25) is 13.1 Å². The van der Waals surface area contributed by atoms with E-state index in [4.69, 9.17) is 0 Å². The molecule has 0 spiro atoms. The SMILES string of the molecule is CCCCCCCCCCC(C)N[Si](C)(C)c1cccc2c1Cc1ccccc1-2.[Cl-].[Cl-].[Ti+2]. The second-order valence-electron chi connectivity index (χ2n) is 9.60. The summed E-state index contributed by atoms with van der Waals surface area (Å²) in [4.78, 5) is 4.09. The quantitative estimate of drug-likeness (QED) is 0.276. The Balaban J connectivity index is 0.00000320. The molecular formula is C27H41Cl2NSiTi. The molecule has 0 fully saturated rings. The summed E-state index contributed by atoms with van der Waals surface area (Å²) in [5, 5.41) is 1.61. The molecule has 5 heteroatoms. The van der Waals surface area contributed by atoms with Crippen LogP contribution in [0.15, 0.2) is 42.5 Å². The average molecular weight is 526 g/mol. The minimum Gasteiger partial charge on any atom is -1.00 e. The van der Waals surface area contributed by atoms with Crippen molar-refractivity contribution < 1.29 is 46.5 Å². The van der Waals surface area contributed by atoms with Crippen LogP contribution in [-0.4, -0.2) is 14.3 Å². The molecule has 0 aromatic heterocycles. The van der Waals surface area contributed by atoms with Crippen molar-refractivity contribution in [3.05, 3.63) is 53.6 Å². The number of rotatable bonds is 12. The van der Waals surface area contributed by atoms with E-state index in [0.29, 0.717) is 6.04 Å².